The van der Waals surface area contributed by atoms with Crippen molar-refractivity contribution in [2.75, 3.05) is 0 Å². The van der Waals surface area contributed by atoms with Gasteiger partial charge in [-0.2, -0.15) is 10.4 Å². The number of hydrogen-bond acceptors (Lipinski definition) is 5. The summed E-state index contributed by atoms with van der Waals surface area (Å²) in [6.45, 7) is 0.404. The Hall–Kier alpha value is -3.70. The molecule has 1 unspecified atom stereocenters. The lowest BCUT2D eigenvalue weighted by Crippen LogP contribution is -2.29. The number of H-pyrrole nitrogens is 1. The van der Waals surface area contributed by atoms with E-state index in [4.69, 9.17) is 11.6 Å². The van der Waals surface area contributed by atoms with Crippen LogP contribution in [0.15, 0.2) is 42.5 Å². The number of carbonyl (C=O) groups excluding carboxylic acids is 1. The van der Waals surface area contributed by atoms with E-state index in [1.54, 1.807) is 7.05 Å². The number of hydrogen-bond donors (Lipinski definition) is 1. The van der Waals surface area contributed by atoms with Gasteiger partial charge in [0.25, 0.3) is 5.91 Å². The van der Waals surface area contributed by atoms with Crippen LogP contribution in [-0.2, 0) is 20.0 Å². The van der Waals surface area contributed by atoms with Crippen LogP contribution in [0.1, 0.15) is 38.8 Å². The van der Waals surface area contributed by atoms with E-state index in [1.165, 1.54) is 4.68 Å². The molecular weight excluding hydrogens is 402 g/mol. The Bertz CT molecular complexity index is 1330. The number of amides is 1. The Morgan fingerprint density at radius 2 is 2.10 bits per heavy atom. The molecule has 1 N–H and O–H groups in total. The Morgan fingerprint density at radius 1 is 1.27 bits per heavy atom. The summed E-state index contributed by atoms with van der Waals surface area (Å²) >= 11 is 6.42. The fourth-order valence-electron chi connectivity index (χ4n) is 4.04. The topological polar surface area (TPSA) is 103 Å². The Kier molecular flexibility index (Phi) is 4.26. The van der Waals surface area contributed by atoms with E-state index in [9.17, 15) is 10.1 Å². The molecule has 1 aliphatic heterocycles. The zero-order chi connectivity index (χ0) is 20.8. The van der Waals surface area contributed by atoms with Gasteiger partial charge in [-0.15, -0.1) is 5.10 Å². The Labute approximate surface area is 176 Å². The molecule has 0 bridgehead atoms. The van der Waals surface area contributed by atoms with Crippen LogP contribution in [0, 0.1) is 11.3 Å². The van der Waals surface area contributed by atoms with Gasteiger partial charge in [-0.3, -0.25) is 14.6 Å². The normalized spacial score (nSPS) is 15.6. The summed E-state index contributed by atoms with van der Waals surface area (Å²) in [6.07, 6.45) is 0.407. The molecular formula is C21H16ClN7O. The molecule has 0 radical (unpaired) electrons. The number of nitrogens with one attached hydrogen (secondary N) is 1. The number of rotatable bonds is 4. The summed E-state index contributed by atoms with van der Waals surface area (Å²) in [4.78, 5) is 15.0. The molecule has 1 aliphatic rings. The van der Waals surface area contributed by atoms with Crippen LogP contribution in [0.4, 0.5) is 0 Å². The van der Waals surface area contributed by atoms with Gasteiger partial charge in [-0.25, -0.2) is 0 Å². The number of aryl methyl sites for hydroxylation is 1. The Balaban J connectivity index is 1.55. The first-order chi connectivity index (χ1) is 14.6. The molecule has 1 amide bonds. The number of halogens is 1. The van der Waals surface area contributed by atoms with E-state index >= 15 is 0 Å². The maximum absolute atomic E-state index is 13.2. The van der Waals surface area contributed by atoms with Crippen LogP contribution in [-0.4, -0.2) is 36.0 Å². The van der Waals surface area contributed by atoms with Gasteiger partial charge in [-0.05, 0) is 29.3 Å². The molecule has 30 heavy (non-hydrogen) atoms. The van der Waals surface area contributed by atoms with Crippen LogP contribution < -0.4 is 0 Å². The highest BCUT2D eigenvalue weighted by Crippen LogP contribution is 2.38. The lowest BCUT2D eigenvalue weighted by atomic mass is 9.98. The highest BCUT2D eigenvalue weighted by molar-refractivity contribution is 6.30. The van der Waals surface area contributed by atoms with Crippen LogP contribution in [0.3, 0.4) is 0 Å². The third kappa shape index (κ3) is 2.83. The van der Waals surface area contributed by atoms with Gasteiger partial charge >= 0.3 is 0 Å². The van der Waals surface area contributed by atoms with Gasteiger partial charge in [0.2, 0.25) is 0 Å². The Morgan fingerprint density at radius 3 is 2.93 bits per heavy atom. The highest BCUT2D eigenvalue weighted by Gasteiger charge is 2.37. The molecule has 3 heterocycles. The molecule has 9 heteroatoms. The summed E-state index contributed by atoms with van der Waals surface area (Å²) in [5.41, 5.74) is 5.05. The van der Waals surface area contributed by atoms with Crippen molar-refractivity contribution in [3.05, 3.63) is 75.6 Å². The largest absolute Gasteiger partial charge is 0.327 e. The first-order valence-corrected chi connectivity index (χ1v) is 9.75. The van der Waals surface area contributed by atoms with E-state index in [0.29, 0.717) is 29.2 Å². The zero-order valence-electron chi connectivity index (χ0n) is 16.0. The van der Waals surface area contributed by atoms with E-state index in [0.717, 1.165) is 22.2 Å². The summed E-state index contributed by atoms with van der Waals surface area (Å²) in [5.74, 6) is -0.0469. The van der Waals surface area contributed by atoms with Crippen LogP contribution in [0.25, 0.3) is 11.0 Å². The van der Waals surface area contributed by atoms with E-state index in [2.05, 4.69) is 26.6 Å². The van der Waals surface area contributed by atoms with E-state index in [-0.39, 0.29) is 17.6 Å². The van der Waals surface area contributed by atoms with E-state index < -0.39 is 0 Å². The first-order valence-electron chi connectivity index (χ1n) is 9.38. The molecule has 0 fully saturated rings. The van der Waals surface area contributed by atoms with Crippen molar-refractivity contribution in [2.24, 2.45) is 7.05 Å². The van der Waals surface area contributed by atoms with Crippen molar-refractivity contribution in [2.45, 2.75) is 19.0 Å². The predicted molar refractivity (Wildman–Crippen MR) is 110 cm³/mol. The number of aromatic amines is 1. The molecule has 0 aliphatic carbocycles. The molecule has 5 rings (SSSR count). The molecule has 0 spiro atoms. The van der Waals surface area contributed by atoms with Crippen molar-refractivity contribution in [1.29, 1.82) is 5.26 Å². The molecule has 1 atom stereocenters. The molecule has 0 saturated heterocycles. The number of benzene rings is 2. The van der Waals surface area contributed by atoms with Gasteiger partial charge in [0.05, 0.1) is 11.6 Å². The minimum atomic E-state index is -0.254. The van der Waals surface area contributed by atoms with Gasteiger partial charge in [0.1, 0.15) is 16.7 Å². The number of aromatic nitrogens is 5. The molecule has 4 aromatic rings. The van der Waals surface area contributed by atoms with Crippen LogP contribution in [0.2, 0.25) is 5.15 Å². The fourth-order valence-corrected chi connectivity index (χ4v) is 4.25. The van der Waals surface area contributed by atoms with Gasteiger partial charge < -0.3 is 4.90 Å². The van der Waals surface area contributed by atoms with Gasteiger partial charge in [-0.1, -0.05) is 41.1 Å². The van der Waals surface area contributed by atoms with Crippen LogP contribution >= 0.6 is 11.6 Å². The maximum atomic E-state index is 13.2. The maximum Gasteiger partial charge on any atom is 0.255 e. The summed E-state index contributed by atoms with van der Waals surface area (Å²) in [7, 11) is 1.70. The second-order valence-electron chi connectivity index (χ2n) is 7.26. The second kappa shape index (κ2) is 6.97. The fraction of sp³-hybridized carbons (Fsp3) is 0.190. The molecule has 2 aromatic carbocycles. The quantitative estimate of drug-likeness (QED) is 0.549. The van der Waals surface area contributed by atoms with Crippen molar-refractivity contribution in [1.82, 2.24) is 30.1 Å². The third-order valence-electron chi connectivity index (χ3n) is 5.50. The average Bonchev–Trinajstić information content (AvgIpc) is 3.41. The molecule has 2 aromatic heterocycles. The van der Waals surface area contributed by atoms with Gasteiger partial charge in [0.15, 0.2) is 5.69 Å². The minimum Gasteiger partial charge on any atom is -0.327 e. The van der Waals surface area contributed by atoms with E-state index in [1.807, 2.05) is 47.4 Å². The van der Waals surface area contributed by atoms with Crippen molar-refractivity contribution in [3.8, 4) is 6.07 Å². The monoisotopic (exact) mass is 417 g/mol. The minimum absolute atomic E-state index is 0.0469. The van der Waals surface area contributed by atoms with Crippen molar-refractivity contribution < 1.29 is 4.79 Å². The number of carbonyl (C=O) groups is 1. The molecule has 0 saturated carbocycles. The average molecular weight is 418 g/mol. The highest BCUT2D eigenvalue weighted by atomic mass is 35.5. The summed E-state index contributed by atoms with van der Waals surface area (Å²) < 4.78 is 1.49. The standard InChI is InChI=1S/C21H16ClN7O/c1-28-20(22)15(18(10-23)26-28)9-19-13-4-2-3-5-14(13)21(30)29(19)11-12-6-7-16-17(8-12)25-27-24-16/h2-8,19H,9,11H2,1H3,(H,24,25,27). The van der Waals surface area contributed by atoms with Gasteiger partial charge in [0, 0.05) is 31.1 Å². The summed E-state index contributed by atoms with van der Waals surface area (Å²) in [5, 5.41) is 24.8. The van der Waals surface area contributed by atoms with Crippen LogP contribution in [0.5, 0.6) is 0 Å². The predicted octanol–water partition coefficient (Wildman–Crippen LogP) is 3.16. The van der Waals surface area contributed by atoms with Crippen molar-refractivity contribution >= 4 is 28.5 Å². The lowest BCUT2D eigenvalue weighted by Gasteiger charge is -2.25. The number of fused-ring (bicyclic) bond motifs is 2. The second-order valence-corrected chi connectivity index (χ2v) is 7.61. The smallest absolute Gasteiger partial charge is 0.255 e. The molecule has 148 valence electrons. The first kappa shape index (κ1) is 18.3. The summed E-state index contributed by atoms with van der Waals surface area (Å²) in [6, 6.07) is 15.2. The molecule has 8 nitrogen and oxygen atoms in total. The van der Waals surface area contributed by atoms with Crippen molar-refractivity contribution in [3.63, 3.8) is 0 Å². The third-order valence-corrected chi connectivity index (χ3v) is 5.98. The lowest BCUT2D eigenvalue weighted by molar-refractivity contribution is 0.0709. The zero-order valence-corrected chi connectivity index (χ0v) is 16.8. The number of nitriles is 1. The SMILES string of the molecule is Cn1nc(C#N)c(CC2c3ccccc3C(=O)N2Cc2ccc3[nH]nnc3c2)c1Cl. The number of nitrogens with zero attached hydrogens (tertiary/aromatic N) is 6.